The Hall–Kier alpha value is -2.60. The minimum absolute atomic E-state index is 1.15. The predicted molar refractivity (Wildman–Crippen MR) is 143 cm³/mol. The molecule has 0 unspecified atom stereocenters. The number of benzene rings is 4. The molecule has 0 amide bonds. The van der Waals surface area contributed by atoms with E-state index in [1.54, 1.807) is 5.56 Å². The molecule has 4 aromatic rings. The number of hydrogen-bond acceptors (Lipinski definition) is 0. The van der Waals surface area contributed by atoms with E-state index in [9.17, 15) is 0 Å². The van der Waals surface area contributed by atoms with Gasteiger partial charge in [0.15, 0.2) is 0 Å². The Morgan fingerprint density at radius 2 is 1.09 bits per heavy atom. The summed E-state index contributed by atoms with van der Waals surface area (Å²) in [7, 11) is 0. The third-order valence-electron chi connectivity index (χ3n) is 6.98. The van der Waals surface area contributed by atoms with Crippen LogP contribution in [0.15, 0.2) is 54.6 Å². The molecule has 0 atom stereocenters. The molecular weight excluding hydrogens is 384 g/mol. The zero-order valence-corrected chi connectivity index (χ0v) is 20.6. The third kappa shape index (κ3) is 4.60. The first-order valence-electron chi connectivity index (χ1n) is 12.5. The summed E-state index contributed by atoms with van der Waals surface area (Å²) < 4.78 is 0. The molecule has 0 heteroatoms. The van der Waals surface area contributed by atoms with Crippen LogP contribution in [0.3, 0.4) is 0 Å². The second-order valence-corrected chi connectivity index (χ2v) is 9.79. The van der Waals surface area contributed by atoms with Gasteiger partial charge in [0.25, 0.3) is 0 Å². The maximum absolute atomic E-state index is 2.43. The molecule has 0 aliphatic rings. The molecule has 4 aromatic carbocycles. The highest BCUT2D eigenvalue weighted by Gasteiger charge is 2.17. The Morgan fingerprint density at radius 1 is 0.531 bits per heavy atom. The van der Waals surface area contributed by atoms with Crippen molar-refractivity contribution in [1.29, 1.82) is 0 Å². The molecule has 0 heterocycles. The fraction of sp³-hybridized carbons (Fsp3) is 0.375. The molecule has 0 aromatic heterocycles. The summed E-state index contributed by atoms with van der Waals surface area (Å²) in [6.45, 7) is 11.2. The van der Waals surface area contributed by atoms with Gasteiger partial charge in [-0.2, -0.15) is 0 Å². The Bertz CT molecular complexity index is 1240. The Labute approximate surface area is 194 Å². The first kappa shape index (κ1) is 22.6. The van der Waals surface area contributed by atoms with Gasteiger partial charge in [0, 0.05) is 0 Å². The van der Waals surface area contributed by atoms with Crippen molar-refractivity contribution in [2.24, 2.45) is 0 Å². The van der Waals surface area contributed by atoms with Crippen molar-refractivity contribution in [3.63, 3.8) is 0 Å². The lowest BCUT2D eigenvalue weighted by molar-refractivity contribution is 0.608. The molecule has 0 aliphatic heterocycles. The van der Waals surface area contributed by atoms with Crippen molar-refractivity contribution in [2.45, 2.75) is 79.6 Å². The average Bonchev–Trinajstić information content (AvgIpc) is 2.77. The molecule has 0 saturated carbocycles. The van der Waals surface area contributed by atoms with Crippen molar-refractivity contribution >= 4 is 21.5 Å². The van der Waals surface area contributed by atoms with E-state index >= 15 is 0 Å². The first-order valence-corrected chi connectivity index (χ1v) is 12.5. The number of rotatable bonds is 8. The minimum atomic E-state index is 1.15. The number of unbranched alkanes of at least 4 members (excludes halogenated alkanes) is 5. The lowest BCUT2D eigenvalue weighted by Gasteiger charge is -2.21. The summed E-state index contributed by atoms with van der Waals surface area (Å²) in [6, 6.07) is 21.0. The van der Waals surface area contributed by atoms with Crippen molar-refractivity contribution in [1.82, 2.24) is 0 Å². The summed E-state index contributed by atoms with van der Waals surface area (Å²) in [6.07, 6.45) is 9.15. The highest BCUT2D eigenvalue weighted by Crippen LogP contribution is 2.42. The Morgan fingerprint density at radius 3 is 1.81 bits per heavy atom. The standard InChI is InChI=1S/C32H38/c1-6-7-8-9-10-11-12-28-30-20-23(3)14-17-26(30)27-18-15-24(4)21-31(27)32(28)29-19-22(2)13-16-25(29)5/h13-21H,6-12H2,1-5H3. The van der Waals surface area contributed by atoms with E-state index in [4.69, 9.17) is 0 Å². The highest BCUT2D eigenvalue weighted by molar-refractivity contribution is 6.16. The normalized spacial score (nSPS) is 11.5. The molecule has 32 heavy (non-hydrogen) atoms. The topological polar surface area (TPSA) is 0 Å². The smallest absolute Gasteiger partial charge is 0.00640 e. The van der Waals surface area contributed by atoms with E-state index in [1.165, 1.54) is 93.5 Å². The van der Waals surface area contributed by atoms with Crippen LogP contribution >= 0.6 is 0 Å². The highest BCUT2D eigenvalue weighted by atomic mass is 14.2. The van der Waals surface area contributed by atoms with Gasteiger partial charge in [-0.25, -0.2) is 0 Å². The zero-order chi connectivity index (χ0) is 22.7. The van der Waals surface area contributed by atoms with Crippen LogP contribution in [-0.4, -0.2) is 0 Å². The SMILES string of the molecule is CCCCCCCCc1c(-c2cc(C)ccc2C)c2cc(C)ccc2c2ccc(C)cc12. The zero-order valence-electron chi connectivity index (χ0n) is 20.6. The molecular formula is C32H38. The van der Waals surface area contributed by atoms with Crippen molar-refractivity contribution < 1.29 is 0 Å². The van der Waals surface area contributed by atoms with E-state index in [-0.39, 0.29) is 0 Å². The molecule has 0 nitrogen and oxygen atoms in total. The fourth-order valence-corrected chi connectivity index (χ4v) is 5.19. The molecule has 0 saturated heterocycles. The summed E-state index contributed by atoms with van der Waals surface area (Å²) >= 11 is 0. The van der Waals surface area contributed by atoms with Crippen LogP contribution in [-0.2, 0) is 6.42 Å². The summed E-state index contributed by atoms with van der Waals surface area (Å²) in [5.74, 6) is 0. The Balaban J connectivity index is 1.96. The van der Waals surface area contributed by atoms with Crippen LogP contribution in [0.5, 0.6) is 0 Å². The molecule has 0 spiro atoms. The summed E-state index contributed by atoms with van der Waals surface area (Å²) in [4.78, 5) is 0. The first-order chi connectivity index (χ1) is 15.5. The van der Waals surface area contributed by atoms with Crippen molar-refractivity contribution in [3.8, 4) is 11.1 Å². The fourth-order valence-electron chi connectivity index (χ4n) is 5.19. The van der Waals surface area contributed by atoms with Crippen LogP contribution in [0.25, 0.3) is 32.7 Å². The second-order valence-electron chi connectivity index (χ2n) is 9.79. The number of fused-ring (bicyclic) bond motifs is 3. The lowest BCUT2D eigenvalue weighted by Crippen LogP contribution is -1.98. The quantitative estimate of drug-likeness (QED) is 0.196. The van der Waals surface area contributed by atoms with Crippen LogP contribution in [0, 0.1) is 27.7 Å². The van der Waals surface area contributed by atoms with Gasteiger partial charge in [-0.3, -0.25) is 0 Å². The van der Waals surface area contributed by atoms with Crippen molar-refractivity contribution in [3.05, 3.63) is 82.4 Å². The van der Waals surface area contributed by atoms with Gasteiger partial charge >= 0.3 is 0 Å². The second kappa shape index (κ2) is 9.90. The van der Waals surface area contributed by atoms with E-state index < -0.39 is 0 Å². The van der Waals surface area contributed by atoms with Gasteiger partial charge in [-0.1, -0.05) is 110 Å². The van der Waals surface area contributed by atoms with E-state index in [0.29, 0.717) is 0 Å². The van der Waals surface area contributed by atoms with Crippen LogP contribution in [0.2, 0.25) is 0 Å². The van der Waals surface area contributed by atoms with E-state index in [0.717, 1.165) is 6.42 Å². The van der Waals surface area contributed by atoms with Crippen LogP contribution < -0.4 is 0 Å². The molecule has 0 radical (unpaired) electrons. The maximum Gasteiger partial charge on any atom is -0.00640 e. The largest absolute Gasteiger partial charge is 0.0654 e. The monoisotopic (exact) mass is 422 g/mol. The molecule has 4 rings (SSSR count). The molecule has 0 aliphatic carbocycles. The van der Waals surface area contributed by atoms with E-state index in [1.807, 2.05) is 0 Å². The molecule has 0 N–H and O–H groups in total. The maximum atomic E-state index is 2.43. The number of hydrogen-bond donors (Lipinski definition) is 0. The lowest BCUT2D eigenvalue weighted by atomic mass is 9.83. The molecule has 166 valence electrons. The van der Waals surface area contributed by atoms with Gasteiger partial charge in [-0.05, 0) is 84.3 Å². The molecule has 0 fully saturated rings. The average molecular weight is 423 g/mol. The van der Waals surface area contributed by atoms with Gasteiger partial charge in [0.1, 0.15) is 0 Å². The van der Waals surface area contributed by atoms with Gasteiger partial charge < -0.3 is 0 Å². The summed E-state index contributed by atoms with van der Waals surface area (Å²) in [5, 5.41) is 5.65. The molecule has 0 bridgehead atoms. The van der Waals surface area contributed by atoms with Crippen LogP contribution in [0.4, 0.5) is 0 Å². The van der Waals surface area contributed by atoms with E-state index in [2.05, 4.69) is 89.2 Å². The number of aryl methyl sites for hydroxylation is 5. The van der Waals surface area contributed by atoms with Gasteiger partial charge in [0.2, 0.25) is 0 Å². The summed E-state index contributed by atoms with van der Waals surface area (Å²) in [5.41, 5.74) is 9.81. The third-order valence-corrected chi connectivity index (χ3v) is 6.98. The van der Waals surface area contributed by atoms with Gasteiger partial charge in [-0.15, -0.1) is 0 Å². The minimum Gasteiger partial charge on any atom is -0.0654 e. The van der Waals surface area contributed by atoms with Gasteiger partial charge in [0.05, 0.1) is 0 Å². The van der Waals surface area contributed by atoms with Crippen molar-refractivity contribution in [2.75, 3.05) is 0 Å². The Kier molecular flexibility index (Phi) is 6.99. The predicted octanol–water partition coefficient (Wildman–Crippen LogP) is 9.80. The van der Waals surface area contributed by atoms with Crippen LogP contribution in [0.1, 0.15) is 73.3 Å².